The normalized spacial score (nSPS) is 12.5. The highest BCUT2D eigenvalue weighted by molar-refractivity contribution is 5.94. The molecule has 1 aromatic heterocycles. The van der Waals surface area contributed by atoms with Crippen molar-refractivity contribution in [2.24, 2.45) is 0 Å². The quantitative estimate of drug-likeness (QED) is 0.615. The fourth-order valence-corrected chi connectivity index (χ4v) is 3.41. The number of aromatic nitrogens is 1. The third kappa shape index (κ3) is 2.16. The van der Waals surface area contributed by atoms with Crippen LogP contribution in [0.5, 0.6) is 0 Å². The molecule has 1 heterocycles. The molecule has 24 heavy (non-hydrogen) atoms. The number of allylic oxidation sites excluding steroid dienone is 2. The van der Waals surface area contributed by atoms with Crippen molar-refractivity contribution in [3.8, 4) is 23.3 Å². The van der Waals surface area contributed by atoms with Crippen molar-refractivity contribution in [2.75, 3.05) is 0 Å². The first-order valence-electron chi connectivity index (χ1n) is 7.82. The minimum absolute atomic E-state index is 0.230. The molecule has 0 amide bonds. The van der Waals surface area contributed by atoms with Gasteiger partial charge in [-0.3, -0.25) is 4.98 Å². The van der Waals surface area contributed by atoms with Gasteiger partial charge in [-0.1, -0.05) is 42.5 Å². The van der Waals surface area contributed by atoms with Gasteiger partial charge in [0.15, 0.2) is 0 Å². The summed E-state index contributed by atoms with van der Waals surface area (Å²) in [5, 5.41) is 19.4. The molecular formula is C21H13N3. The average molecular weight is 307 g/mol. The van der Waals surface area contributed by atoms with Gasteiger partial charge >= 0.3 is 0 Å². The summed E-state index contributed by atoms with van der Waals surface area (Å²) in [6.45, 7) is 0. The van der Waals surface area contributed by atoms with Crippen LogP contribution in [0.2, 0.25) is 0 Å². The topological polar surface area (TPSA) is 60.5 Å². The molecule has 0 aliphatic heterocycles. The molecule has 0 saturated carbocycles. The average Bonchev–Trinajstić information content (AvgIpc) is 3.05. The summed E-state index contributed by atoms with van der Waals surface area (Å²) in [6, 6.07) is 20.5. The minimum atomic E-state index is 0.230. The van der Waals surface area contributed by atoms with Crippen LogP contribution in [0.15, 0.2) is 60.3 Å². The molecule has 1 aliphatic carbocycles. The predicted octanol–water partition coefficient (Wildman–Crippen LogP) is 4.65. The Bertz CT molecular complexity index is 1060. The van der Waals surface area contributed by atoms with Crippen molar-refractivity contribution in [1.29, 1.82) is 10.5 Å². The van der Waals surface area contributed by atoms with E-state index in [0.717, 1.165) is 46.0 Å². The van der Waals surface area contributed by atoms with Gasteiger partial charge < -0.3 is 0 Å². The summed E-state index contributed by atoms with van der Waals surface area (Å²) in [7, 11) is 0. The lowest BCUT2D eigenvalue weighted by Gasteiger charge is -2.08. The Kier molecular flexibility index (Phi) is 3.34. The lowest BCUT2D eigenvalue weighted by atomic mass is 9.96. The monoisotopic (exact) mass is 307 g/mol. The molecule has 0 bridgehead atoms. The smallest absolute Gasteiger partial charge is 0.133 e. The van der Waals surface area contributed by atoms with Crippen LogP contribution in [-0.4, -0.2) is 4.98 Å². The molecular weight excluding hydrogens is 294 g/mol. The van der Waals surface area contributed by atoms with Crippen LogP contribution in [0, 0.1) is 22.7 Å². The van der Waals surface area contributed by atoms with E-state index in [9.17, 15) is 0 Å². The number of nitriles is 2. The highest BCUT2D eigenvalue weighted by Crippen LogP contribution is 2.37. The van der Waals surface area contributed by atoms with E-state index in [1.54, 1.807) is 0 Å². The van der Waals surface area contributed by atoms with E-state index in [0.29, 0.717) is 0 Å². The zero-order chi connectivity index (χ0) is 16.5. The summed E-state index contributed by atoms with van der Waals surface area (Å²) in [4.78, 5) is 4.53. The summed E-state index contributed by atoms with van der Waals surface area (Å²) < 4.78 is 0. The van der Waals surface area contributed by atoms with Crippen LogP contribution < -0.4 is 0 Å². The Hall–Kier alpha value is -3.43. The minimum Gasteiger partial charge on any atom is -0.256 e. The van der Waals surface area contributed by atoms with E-state index in [1.807, 2.05) is 36.5 Å². The molecule has 3 nitrogen and oxygen atoms in total. The van der Waals surface area contributed by atoms with Crippen LogP contribution in [0.1, 0.15) is 17.5 Å². The maximum atomic E-state index is 9.12. The number of para-hydroxylation sites is 1. The zero-order valence-electron chi connectivity index (χ0n) is 13.0. The number of pyridine rings is 1. The molecule has 0 fully saturated rings. The SMILES string of the molecule is N#CC(C#N)=C1CCc2cc(-c3cccc4cccnc34)ccc21. The van der Waals surface area contributed by atoms with E-state index >= 15 is 0 Å². The highest BCUT2D eigenvalue weighted by Gasteiger charge is 2.20. The first-order chi connectivity index (χ1) is 11.8. The second-order valence-electron chi connectivity index (χ2n) is 5.83. The van der Waals surface area contributed by atoms with Crippen LogP contribution >= 0.6 is 0 Å². The third-order valence-corrected chi connectivity index (χ3v) is 4.54. The lowest BCUT2D eigenvalue weighted by Crippen LogP contribution is -1.88. The maximum absolute atomic E-state index is 9.12. The largest absolute Gasteiger partial charge is 0.256 e. The highest BCUT2D eigenvalue weighted by atomic mass is 14.6. The van der Waals surface area contributed by atoms with E-state index in [-0.39, 0.29) is 5.57 Å². The fourth-order valence-electron chi connectivity index (χ4n) is 3.41. The predicted molar refractivity (Wildman–Crippen MR) is 93.6 cm³/mol. The molecule has 2 aromatic carbocycles. The summed E-state index contributed by atoms with van der Waals surface area (Å²) in [6.07, 6.45) is 3.43. The summed E-state index contributed by atoms with van der Waals surface area (Å²) in [5.74, 6) is 0. The standard InChI is InChI=1S/C21H13N3/c22-12-17(13-23)19-9-6-15-11-16(7-8-18(15)19)20-5-1-3-14-4-2-10-24-21(14)20/h1-5,7-8,10-11H,6,9H2. The number of rotatable bonds is 1. The van der Waals surface area contributed by atoms with Gasteiger partial charge in [0.05, 0.1) is 5.52 Å². The maximum Gasteiger partial charge on any atom is 0.133 e. The van der Waals surface area contributed by atoms with Crippen molar-refractivity contribution in [1.82, 2.24) is 4.98 Å². The van der Waals surface area contributed by atoms with Gasteiger partial charge in [0.25, 0.3) is 0 Å². The number of hydrogen-bond acceptors (Lipinski definition) is 3. The van der Waals surface area contributed by atoms with Gasteiger partial charge in [-0.25, -0.2) is 0 Å². The zero-order valence-corrected chi connectivity index (χ0v) is 13.0. The Morgan fingerprint density at radius 1 is 0.917 bits per heavy atom. The Morgan fingerprint density at radius 2 is 1.75 bits per heavy atom. The van der Waals surface area contributed by atoms with Crippen LogP contribution in [0.3, 0.4) is 0 Å². The summed E-state index contributed by atoms with van der Waals surface area (Å²) in [5.41, 5.74) is 6.54. The second kappa shape index (κ2) is 5.65. The molecule has 1 aliphatic rings. The molecule has 3 heteroatoms. The van der Waals surface area contributed by atoms with Crippen molar-refractivity contribution in [3.05, 3.63) is 71.4 Å². The third-order valence-electron chi connectivity index (χ3n) is 4.54. The molecule has 0 N–H and O–H groups in total. The van der Waals surface area contributed by atoms with Gasteiger partial charge in [0.1, 0.15) is 17.7 Å². The number of hydrogen-bond donors (Lipinski definition) is 0. The number of benzene rings is 2. The number of aryl methyl sites for hydroxylation is 1. The number of nitrogens with zero attached hydrogens (tertiary/aromatic N) is 3. The van der Waals surface area contributed by atoms with Crippen molar-refractivity contribution in [3.63, 3.8) is 0 Å². The molecule has 0 spiro atoms. The lowest BCUT2D eigenvalue weighted by molar-refractivity contribution is 1.08. The van der Waals surface area contributed by atoms with E-state index < -0.39 is 0 Å². The van der Waals surface area contributed by atoms with Gasteiger partial charge in [-0.05, 0) is 41.2 Å². The second-order valence-corrected chi connectivity index (χ2v) is 5.83. The molecule has 0 radical (unpaired) electrons. The van der Waals surface area contributed by atoms with Crippen molar-refractivity contribution < 1.29 is 0 Å². The van der Waals surface area contributed by atoms with Crippen LogP contribution in [-0.2, 0) is 6.42 Å². The van der Waals surface area contributed by atoms with Crippen molar-refractivity contribution in [2.45, 2.75) is 12.8 Å². The van der Waals surface area contributed by atoms with E-state index in [2.05, 4.69) is 35.3 Å². The van der Waals surface area contributed by atoms with Gasteiger partial charge in [-0.2, -0.15) is 10.5 Å². The first kappa shape index (κ1) is 14.2. The van der Waals surface area contributed by atoms with Gasteiger partial charge in [0, 0.05) is 17.1 Å². The molecule has 112 valence electrons. The molecule has 4 rings (SSSR count). The summed E-state index contributed by atoms with van der Waals surface area (Å²) >= 11 is 0. The Morgan fingerprint density at radius 3 is 2.58 bits per heavy atom. The van der Waals surface area contributed by atoms with Gasteiger partial charge in [-0.15, -0.1) is 0 Å². The van der Waals surface area contributed by atoms with Crippen LogP contribution in [0.4, 0.5) is 0 Å². The van der Waals surface area contributed by atoms with E-state index in [4.69, 9.17) is 10.5 Å². The van der Waals surface area contributed by atoms with Crippen molar-refractivity contribution >= 4 is 16.5 Å². The first-order valence-corrected chi connectivity index (χ1v) is 7.82. The Labute approximate surface area is 140 Å². The van der Waals surface area contributed by atoms with Crippen LogP contribution in [0.25, 0.3) is 27.6 Å². The van der Waals surface area contributed by atoms with Gasteiger partial charge in [0.2, 0.25) is 0 Å². The number of fused-ring (bicyclic) bond motifs is 2. The molecule has 0 saturated heterocycles. The molecule has 3 aromatic rings. The molecule has 0 atom stereocenters. The molecule has 0 unspecified atom stereocenters. The fraction of sp³-hybridized carbons (Fsp3) is 0.0952. The van der Waals surface area contributed by atoms with E-state index in [1.165, 1.54) is 5.56 Å². The Balaban J connectivity index is 1.88.